The van der Waals surface area contributed by atoms with E-state index in [1.54, 1.807) is 0 Å². The maximum Gasteiger partial charge on any atom is 0.0352 e. The van der Waals surface area contributed by atoms with Gasteiger partial charge in [0, 0.05) is 11.6 Å². The van der Waals surface area contributed by atoms with Crippen molar-refractivity contribution in [3.63, 3.8) is 0 Å². The minimum Gasteiger partial charge on any atom is -0.398 e. The molecule has 0 saturated carbocycles. The average Bonchev–Trinajstić information content (AvgIpc) is 2.63. The van der Waals surface area contributed by atoms with Crippen LogP contribution in [0.3, 0.4) is 0 Å². The van der Waals surface area contributed by atoms with E-state index < -0.39 is 0 Å². The summed E-state index contributed by atoms with van der Waals surface area (Å²) in [6, 6.07) is 25.9. The number of rotatable bonds is 5. The molecule has 0 spiro atoms. The van der Waals surface area contributed by atoms with Gasteiger partial charge in [0.25, 0.3) is 0 Å². The lowest BCUT2D eigenvalue weighted by molar-refractivity contribution is 0.783. The Morgan fingerprint density at radius 1 is 0.577 bits per heavy atom. The fourth-order valence-electron chi connectivity index (χ4n) is 3.96. The van der Waals surface area contributed by atoms with Gasteiger partial charge < -0.3 is 5.73 Å². The molecule has 0 fully saturated rings. The lowest BCUT2D eigenvalue weighted by atomic mass is 9.75. The Balaban J connectivity index is 2.36. The van der Waals surface area contributed by atoms with Crippen molar-refractivity contribution >= 4 is 5.69 Å². The highest BCUT2D eigenvalue weighted by molar-refractivity contribution is 5.61. The maximum absolute atomic E-state index is 6.49. The van der Waals surface area contributed by atoms with E-state index in [1.165, 1.54) is 27.8 Å². The normalized spacial score (nSPS) is 11.5. The van der Waals surface area contributed by atoms with Crippen molar-refractivity contribution in [1.29, 1.82) is 0 Å². The molecule has 0 heterocycles. The summed E-state index contributed by atoms with van der Waals surface area (Å²) < 4.78 is 0. The molecular formula is C25H29N. The largest absolute Gasteiger partial charge is 0.398 e. The van der Waals surface area contributed by atoms with Crippen molar-refractivity contribution in [2.24, 2.45) is 0 Å². The standard InChI is InChI=1S/C25H29N/c1-17(2)21-15-16-22(26)23(18(3)4)25(21)24(19-11-7-5-8-12-19)20-13-9-6-10-14-20/h5-18,24H,26H2,1-4H3. The van der Waals surface area contributed by atoms with E-state index in [9.17, 15) is 0 Å². The van der Waals surface area contributed by atoms with E-state index in [4.69, 9.17) is 5.73 Å². The Morgan fingerprint density at radius 2 is 1.08 bits per heavy atom. The van der Waals surface area contributed by atoms with Crippen LogP contribution in [0, 0.1) is 0 Å². The van der Waals surface area contributed by atoms with E-state index in [2.05, 4.69) is 100 Å². The molecule has 134 valence electrons. The molecule has 0 aliphatic carbocycles. The number of nitrogen functional groups attached to an aromatic ring is 1. The first-order valence-electron chi connectivity index (χ1n) is 9.52. The first kappa shape index (κ1) is 18.3. The summed E-state index contributed by atoms with van der Waals surface area (Å²) in [4.78, 5) is 0. The van der Waals surface area contributed by atoms with Gasteiger partial charge in [0.1, 0.15) is 0 Å². The number of hydrogen-bond acceptors (Lipinski definition) is 1. The molecule has 0 aliphatic heterocycles. The van der Waals surface area contributed by atoms with Crippen molar-refractivity contribution in [1.82, 2.24) is 0 Å². The van der Waals surface area contributed by atoms with Crippen LogP contribution in [0.15, 0.2) is 72.8 Å². The first-order chi connectivity index (χ1) is 12.5. The van der Waals surface area contributed by atoms with Crippen LogP contribution in [0.4, 0.5) is 5.69 Å². The minimum atomic E-state index is 0.190. The molecule has 0 atom stereocenters. The highest BCUT2D eigenvalue weighted by atomic mass is 14.6. The van der Waals surface area contributed by atoms with Gasteiger partial charge in [0.15, 0.2) is 0 Å². The van der Waals surface area contributed by atoms with Crippen molar-refractivity contribution in [3.8, 4) is 0 Å². The Morgan fingerprint density at radius 3 is 1.50 bits per heavy atom. The highest BCUT2D eigenvalue weighted by Crippen LogP contribution is 2.42. The second-order valence-corrected chi connectivity index (χ2v) is 7.64. The van der Waals surface area contributed by atoms with Crippen LogP contribution in [0.2, 0.25) is 0 Å². The molecule has 0 aliphatic rings. The molecule has 0 aromatic heterocycles. The molecule has 0 amide bonds. The van der Waals surface area contributed by atoms with Crippen LogP contribution in [-0.4, -0.2) is 0 Å². The van der Waals surface area contributed by atoms with Crippen molar-refractivity contribution in [2.45, 2.75) is 45.4 Å². The zero-order valence-electron chi connectivity index (χ0n) is 16.2. The predicted molar refractivity (Wildman–Crippen MR) is 113 cm³/mol. The number of hydrogen-bond donors (Lipinski definition) is 1. The van der Waals surface area contributed by atoms with Gasteiger partial charge in [-0.05, 0) is 45.7 Å². The van der Waals surface area contributed by atoms with Gasteiger partial charge in [-0.2, -0.15) is 0 Å². The summed E-state index contributed by atoms with van der Waals surface area (Å²) in [5, 5.41) is 0. The second kappa shape index (κ2) is 7.78. The van der Waals surface area contributed by atoms with Crippen molar-refractivity contribution in [2.75, 3.05) is 5.73 Å². The molecule has 2 N–H and O–H groups in total. The van der Waals surface area contributed by atoms with Crippen molar-refractivity contribution in [3.05, 3.63) is 101 Å². The fourth-order valence-corrected chi connectivity index (χ4v) is 3.96. The van der Waals surface area contributed by atoms with Gasteiger partial charge in [-0.15, -0.1) is 0 Å². The van der Waals surface area contributed by atoms with E-state index in [1.807, 2.05) is 0 Å². The molecular weight excluding hydrogens is 314 g/mol. The maximum atomic E-state index is 6.49. The summed E-state index contributed by atoms with van der Waals surface area (Å²) in [5.74, 6) is 1.01. The predicted octanol–water partition coefficient (Wildman–Crippen LogP) is 6.70. The molecule has 26 heavy (non-hydrogen) atoms. The Labute approximate surface area is 157 Å². The van der Waals surface area contributed by atoms with Crippen LogP contribution >= 0.6 is 0 Å². The van der Waals surface area contributed by atoms with E-state index >= 15 is 0 Å². The summed E-state index contributed by atoms with van der Waals surface area (Å²) >= 11 is 0. The lowest BCUT2D eigenvalue weighted by Crippen LogP contribution is -2.14. The van der Waals surface area contributed by atoms with E-state index in [0.29, 0.717) is 11.8 Å². The van der Waals surface area contributed by atoms with Crippen LogP contribution in [0.25, 0.3) is 0 Å². The molecule has 1 nitrogen and oxygen atoms in total. The minimum absolute atomic E-state index is 0.190. The van der Waals surface area contributed by atoms with Gasteiger partial charge >= 0.3 is 0 Å². The van der Waals surface area contributed by atoms with Crippen LogP contribution < -0.4 is 5.73 Å². The second-order valence-electron chi connectivity index (χ2n) is 7.64. The zero-order valence-corrected chi connectivity index (χ0v) is 16.2. The Hall–Kier alpha value is -2.54. The molecule has 0 unspecified atom stereocenters. The average molecular weight is 344 g/mol. The first-order valence-corrected chi connectivity index (χ1v) is 9.52. The molecule has 3 aromatic rings. The van der Waals surface area contributed by atoms with Gasteiger partial charge in [-0.3, -0.25) is 0 Å². The smallest absolute Gasteiger partial charge is 0.0352 e. The lowest BCUT2D eigenvalue weighted by Gasteiger charge is -2.29. The zero-order chi connectivity index (χ0) is 18.7. The van der Waals surface area contributed by atoms with Gasteiger partial charge in [-0.1, -0.05) is 94.4 Å². The third-order valence-corrected chi connectivity index (χ3v) is 5.11. The van der Waals surface area contributed by atoms with E-state index in [0.717, 1.165) is 5.69 Å². The van der Waals surface area contributed by atoms with Gasteiger partial charge in [-0.25, -0.2) is 0 Å². The SMILES string of the molecule is CC(C)c1ccc(N)c(C(C)C)c1C(c1ccccc1)c1ccccc1. The third-order valence-electron chi connectivity index (χ3n) is 5.11. The Kier molecular flexibility index (Phi) is 5.46. The van der Waals surface area contributed by atoms with Crippen LogP contribution in [-0.2, 0) is 0 Å². The third kappa shape index (κ3) is 3.53. The van der Waals surface area contributed by atoms with Crippen LogP contribution in [0.1, 0.15) is 73.3 Å². The Bertz CT molecular complexity index is 809. The summed E-state index contributed by atoms with van der Waals surface area (Å²) in [5.41, 5.74) is 14.1. The molecule has 1 heteroatoms. The van der Waals surface area contributed by atoms with Crippen molar-refractivity contribution < 1.29 is 0 Å². The number of anilines is 1. The molecule has 0 saturated heterocycles. The van der Waals surface area contributed by atoms with E-state index in [-0.39, 0.29) is 5.92 Å². The molecule has 0 radical (unpaired) electrons. The fraction of sp³-hybridized carbons (Fsp3) is 0.280. The summed E-state index contributed by atoms with van der Waals surface area (Å²) in [6.45, 7) is 9.02. The van der Waals surface area contributed by atoms with Gasteiger partial charge in [0.05, 0.1) is 0 Å². The quantitative estimate of drug-likeness (QED) is 0.405. The van der Waals surface area contributed by atoms with Gasteiger partial charge in [0.2, 0.25) is 0 Å². The number of benzene rings is 3. The summed E-state index contributed by atoms with van der Waals surface area (Å²) in [6.07, 6.45) is 0. The van der Waals surface area contributed by atoms with Crippen LogP contribution in [0.5, 0.6) is 0 Å². The monoisotopic (exact) mass is 343 g/mol. The molecule has 3 aromatic carbocycles. The molecule has 3 rings (SSSR count). The molecule has 0 bridgehead atoms. The topological polar surface area (TPSA) is 26.0 Å². The summed E-state index contributed by atoms with van der Waals surface area (Å²) in [7, 11) is 0. The number of nitrogens with two attached hydrogens (primary N) is 1. The highest BCUT2D eigenvalue weighted by Gasteiger charge is 2.26.